The van der Waals surface area contributed by atoms with Crippen LogP contribution in [0.4, 0.5) is 5.69 Å². The third-order valence-corrected chi connectivity index (χ3v) is 0.994. The zero-order valence-electron chi connectivity index (χ0n) is 5.56. The van der Waals surface area contributed by atoms with E-state index in [0.717, 1.165) is 0 Å². The van der Waals surface area contributed by atoms with E-state index in [1.165, 1.54) is 0 Å². The number of hydrogen-bond donors (Lipinski definition) is 1. The molecule has 0 amide bonds. The summed E-state index contributed by atoms with van der Waals surface area (Å²) in [7, 11) is 0. The highest BCUT2D eigenvalue weighted by Gasteiger charge is 1.93. The Labute approximate surface area is 74.1 Å². The third kappa shape index (κ3) is 3.57. The molecule has 0 aliphatic carbocycles. The van der Waals surface area contributed by atoms with Gasteiger partial charge in [0.15, 0.2) is 5.03 Å². The number of hydrogen-bond acceptors (Lipinski definition) is 2. The molecule has 1 aromatic rings. The summed E-state index contributed by atoms with van der Waals surface area (Å²) in [5, 5.41) is 9.28. The first-order chi connectivity index (χ1) is 4.79. The van der Waals surface area contributed by atoms with Crippen molar-refractivity contribution in [3.63, 3.8) is 0 Å². The fourth-order valence-corrected chi connectivity index (χ4v) is 0.618. The highest BCUT2D eigenvalue weighted by atomic mass is 79.9. The minimum atomic E-state index is -0.588. The average Bonchev–Trinajstić information content (AvgIpc) is 1.88. The van der Waals surface area contributed by atoms with Crippen molar-refractivity contribution in [3.8, 4) is 0 Å². The molecular formula is C6H7BrN2O2. The largest absolute Gasteiger partial charge is 0.235 e. The molecule has 0 atom stereocenters. The summed E-state index contributed by atoms with van der Waals surface area (Å²) in [6.07, 6.45) is 0. The van der Waals surface area contributed by atoms with Crippen LogP contribution in [-0.4, -0.2) is 5.03 Å². The van der Waals surface area contributed by atoms with Gasteiger partial charge in [0, 0.05) is 0 Å². The van der Waals surface area contributed by atoms with Crippen LogP contribution in [-0.2, 0) is 0 Å². The van der Waals surface area contributed by atoms with Crippen LogP contribution in [0.3, 0.4) is 0 Å². The molecule has 0 saturated carbocycles. The van der Waals surface area contributed by atoms with E-state index in [-0.39, 0.29) is 17.0 Å². The van der Waals surface area contributed by atoms with Crippen molar-refractivity contribution < 1.29 is 5.03 Å². The van der Waals surface area contributed by atoms with Crippen LogP contribution < -0.4 is 5.43 Å². The van der Waals surface area contributed by atoms with E-state index in [2.05, 4.69) is 0 Å². The van der Waals surface area contributed by atoms with Gasteiger partial charge in [-0.3, -0.25) is 0 Å². The van der Waals surface area contributed by atoms with Gasteiger partial charge in [-0.1, -0.05) is 18.2 Å². The van der Waals surface area contributed by atoms with E-state index < -0.39 is 5.03 Å². The molecule has 0 heterocycles. The Hall–Kier alpha value is -1.10. The van der Waals surface area contributed by atoms with E-state index >= 15 is 0 Å². The Balaban J connectivity index is 0.000001000. The minimum absolute atomic E-state index is 0. The highest BCUT2D eigenvalue weighted by molar-refractivity contribution is 8.93. The number of rotatable bonds is 2. The summed E-state index contributed by atoms with van der Waals surface area (Å²) >= 11 is 0. The van der Waals surface area contributed by atoms with E-state index in [4.69, 9.17) is 0 Å². The molecule has 4 nitrogen and oxygen atoms in total. The van der Waals surface area contributed by atoms with E-state index in [0.29, 0.717) is 5.69 Å². The van der Waals surface area contributed by atoms with Crippen molar-refractivity contribution in [2.75, 3.05) is 5.43 Å². The molecule has 1 N–H and O–H groups in total. The first-order valence-electron chi connectivity index (χ1n) is 2.75. The van der Waals surface area contributed by atoms with Gasteiger partial charge in [-0.05, 0) is 12.1 Å². The number of anilines is 1. The molecule has 1 aromatic carbocycles. The summed E-state index contributed by atoms with van der Waals surface area (Å²) in [6.45, 7) is 0. The van der Waals surface area contributed by atoms with Crippen LogP contribution in [0.15, 0.2) is 30.3 Å². The quantitative estimate of drug-likeness (QED) is 0.610. The smallest absolute Gasteiger partial charge is 0.162 e. The number of nitrogens with one attached hydrogen (secondary N) is 1. The van der Waals surface area contributed by atoms with Crippen LogP contribution in [0.1, 0.15) is 0 Å². The number of halogens is 1. The Morgan fingerprint density at radius 1 is 1.27 bits per heavy atom. The summed E-state index contributed by atoms with van der Waals surface area (Å²) in [6, 6.07) is 8.51. The predicted octanol–water partition coefficient (Wildman–Crippen LogP) is 1.87. The van der Waals surface area contributed by atoms with Crippen LogP contribution >= 0.6 is 17.0 Å². The van der Waals surface area contributed by atoms with Crippen molar-refractivity contribution in [2.24, 2.45) is 0 Å². The second-order valence-electron chi connectivity index (χ2n) is 1.73. The fraction of sp³-hybridized carbons (Fsp3) is 0. The van der Waals surface area contributed by atoms with Gasteiger partial charge in [-0.15, -0.1) is 22.4 Å². The fourth-order valence-electron chi connectivity index (χ4n) is 0.618. The zero-order valence-corrected chi connectivity index (χ0v) is 7.27. The number of hydrazine groups is 1. The standard InChI is InChI=1S/C6H6N2O2.BrH/c9-8(10)7-6-4-2-1-3-5-6;/h1-5,7H;1H. The second-order valence-corrected chi connectivity index (χ2v) is 1.73. The minimum Gasteiger partial charge on any atom is -0.235 e. The van der Waals surface area contributed by atoms with Gasteiger partial charge in [0.2, 0.25) is 0 Å². The number of nitrogens with zero attached hydrogens (tertiary/aromatic N) is 1. The van der Waals surface area contributed by atoms with Crippen molar-refractivity contribution >= 4 is 22.7 Å². The first kappa shape index (κ1) is 9.90. The second kappa shape index (κ2) is 4.68. The van der Waals surface area contributed by atoms with Gasteiger partial charge >= 0.3 is 0 Å². The molecule has 0 aliphatic heterocycles. The maximum atomic E-state index is 9.86. The lowest BCUT2D eigenvalue weighted by molar-refractivity contribution is -0.445. The topological polar surface area (TPSA) is 55.2 Å². The van der Waals surface area contributed by atoms with Crippen LogP contribution in [0.5, 0.6) is 0 Å². The molecule has 0 aromatic heterocycles. The summed E-state index contributed by atoms with van der Waals surface area (Å²) in [5.41, 5.74) is 2.52. The normalized spacial score (nSPS) is 8.00. The number of benzene rings is 1. The highest BCUT2D eigenvalue weighted by Crippen LogP contribution is 2.03. The zero-order chi connectivity index (χ0) is 7.40. The third-order valence-electron chi connectivity index (χ3n) is 0.994. The van der Waals surface area contributed by atoms with E-state index in [1.54, 1.807) is 30.3 Å². The summed E-state index contributed by atoms with van der Waals surface area (Å²) in [4.78, 5) is 9.86. The van der Waals surface area contributed by atoms with E-state index in [9.17, 15) is 10.1 Å². The molecule has 0 bridgehead atoms. The van der Waals surface area contributed by atoms with Gasteiger partial charge in [0.25, 0.3) is 0 Å². The molecule has 5 heteroatoms. The lowest BCUT2D eigenvalue weighted by atomic mass is 10.3. The lowest BCUT2D eigenvalue weighted by Crippen LogP contribution is -2.06. The van der Waals surface area contributed by atoms with Gasteiger partial charge in [-0.2, -0.15) is 0 Å². The molecular weight excluding hydrogens is 212 g/mol. The van der Waals surface area contributed by atoms with Crippen LogP contribution in [0.25, 0.3) is 0 Å². The van der Waals surface area contributed by atoms with Crippen LogP contribution in [0, 0.1) is 10.1 Å². The SMILES string of the molecule is Br.O=[N+]([O-])Nc1ccccc1. The first-order valence-corrected chi connectivity index (χ1v) is 2.75. The molecule has 11 heavy (non-hydrogen) atoms. The van der Waals surface area contributed by atoms with Crippen molar-refractivity contribution in [2.45, 2.75) is 0 Å². The van der Waals surface area contributed by atoms with Crippen molar-refractivity contribution in [3.05, 3.63) is 40.4 Å². The average molecular weight is 219 g/mol. The predicted molar refractivity (Wildman–Crippen MR) is 47.4 cm³/mol. The Morgan fingerprint density at radius 2 is 1.82 bits per heavy atom. The van der Waals surface area contributed by atoms with Gasteiger partial charge in [0.05, 0.1) is 0 Å². The van der Waals surface area contributed by atoms with Crippen LogP contribution in [0.2, 0.25) is 0 Å². The molecule has 0 spiro atoms. The molecule has 0 unspecified atom stereocenters. The van der Waals surface area contributed by atoms with Crippen molar-refractivity contribution in [1.29, 1.82) is 0 Å². The summed E-state index contributed by atoms with van der Waals surface area (Å²) < 4.78 is 0. The van der Waals surface area contributed by atoms with Gasteiger partial charge in [-0.25, -0.2) is 10.1 Å². The van der Waals surface area contributed by atoms with Gasteiger partial charge < -0.3 is 0 Å². The summed E-state index contributed by atoms with van der Waals surface area (Å²) in [5.74, 6) is 0. The molecule has 0 aliphatic rings. The van der Waals surface area contributed by atoms with Crippen molar-refractivity contribution in [1.82, 2.24) is 0 Å². The lowest BCUT2D eigenvalue weighted by Gasteiger charge is -1.93. The molecule has 60 valence electrons. The Kier molecular flexibility index (Phi) is 4.21. The number of nitro groups is 1. The monoisotopic (exact) mass is 218 g/mol. The maximum Gasteiger partial charge on any atom is 0.162 e. The van der Waals surface area contributed by atoms with Gasteiger partial charge in [0.1, 0.15) is 5.69 Å². The molecule has 1 rings (SSSR count). The molecule has 0 saturated heterocycles. The molecule has 0 radical (unpaired) electrons. The van der Waals surface area contributed by atoms with E-state index in [1.807, 2.05) is 5.43 Å². The molecule has 0 fully saturated rings. The Morgan fingerprint density at radius 3 is 2.27 bits per heavy atom. The number of para-hydroxylation sites is 1. The Bertz CT molecular complexity index is 227. The maximum absolute atomic E-state index is 9.86.